The van der Waals surface area contributed by atoms with Gasteiger partial charge in [0, 0.05) is 16.6 Å². The van der Waals surface area contributed by atoms with Crippen molar-refractivity contribution in [3.05, 3.63) is 88.9 Å². The van der Waals surface area contributed by atoms with Crippen molar-refractivity contribution in [1.82, 2.24) is 0 Å². The van der Waals surface area contributed by atoms with E-state index in [2.05, 4.69) is 0 Å². The number of alkyl halides is 3. The lowest BCUT2D eigenvalue weighted by Gasteiger charge is -2.26. The van der Waals surface area contributed by atoms with E-state index in [-0.39, 0.29) is 11.8 Å². The van der Waals surface area contributed by atoms with Crippen LogP contribution in [0.4, 0.5) is 18.9 Å². The fraction of sp³-hybridized carbons (Fsp3) is 0.269. The third-order valence-electron chi connectivity index (χ3n) is 5.84. The summed E-state index contributed by atoms with van der Waals surface area (Å²) in [6, 6.07) is 18.8. The van der Waals surface area contributed by atoms with Gasteiger partial charge < -0.3 is 9.64 Å². The SMILES string of the molecule is CSCC[C@H]1C[C@H](c2cccc(C(F)(F)F)c2)N(c2ccc(Oc3ccc(Cl)cc3)cc2)C1=O. The summed E-state index contributed by atoms with van der Waals surface area (Å²) >= 11 is 7.56. The van der Waals surface area contributed by atoms with E-state index in [1.54, 1.807) is 71.3 Å². The number of anilines is 1. The smallest absolute Gasteiger partial charge is 0.416 e. The Bertz CT molecular complexity index is 1140. The number of halogens is 4. The molecule has 0 bridgehead atoms. The Balaban J connectivity index is 1.62. The lowest BCUT2D eigenvalue weighted by molar-refractivity contribution is -0.137. The zero-order valence-corrected chi connectivity index (χ0v) is 20.0. The molecule has 2 atom stereocenters. The van der Waals surface area contributed by atoms with E-state index < -0.39 is 17.8 Å². The van der Waals surface area contributed by atoms with Gasteiger partial charge in [0.1, 0.15) is 11.5 Å². The van der Waals surface area contributed by atoms with Gasteiger partial charge in [0.05, 0.1) is 11.6 Å². The summed E-state index contributed by atoms with van der Waals surface area (Å²) in [6.07, 6.45) is -1.31. The highest BCUT2D eigenvalue weighted by Gasteiger charge is 2.41. The standard InChI is InChI=1S/C26H23ClF3NO2S/c1-34-14-13-18-16-24(17-3-2-4-19(15-17)26(28,29)30)31(25(18)32)21-7-11-23(12-8-21)33-22-9-5-20(27)6-10-22/h2-12,15,18,24H,13-14,16H2,1H3/t18-,24+/m0/s1. The molecule has 1 fully saturated rings. The van der Waals surface area contributed by atoms with Crippen LogP contribution in [0.1, 0.15) is 30.0 Å². The predicted octanol–water partition coefficient (Wildman–Crippen LogP) is 8.00. The fourth-order valence-electron chi connectivity index (χ4n) is 4.16. The number of carbonyl (C=O) groups excluding carboxylic acids is 1. The van der Waals surface area contributed by atoms with Crippen LogP contribution >= 0.6 is 23.4 Å². The molecule has 0 aromatic heterocycles. The van der Waals surface area contributed by atoms with Crippen LogP contribution in [0.2, 0.25) is 5.02 Å². The van der Waals surface area contributed by atoms with Crippen molar-refractivity contribution in [2.75, 3.05) is 16.9 Å². The second-order valence-corrected chi connectivity index (χ2v) is 9.53. The average molecular weight is 506 g/mol. The molecule has 1 aliphatic heterocycles. The molecule has 3 aromatic carbocycles. The van der Waals surface area contributed by atoms with E-state index in [0.717, 1.165) is 17.9 Å². The topological polar surface area (TPSA) is 29.5 Å². The maximum absolute atomic E-state index is 13.3. The molecular weight excluding hydrogens is 483 g/mol. The van der Waals surface area contributed by atoms with Gasteiger partial charge in [-0.3, -0.25) is 4.79 Å². The Morgan fingerprint density at radius 2 is 1.68 bits per heavy atom. The molecule has 0 spiro atoms. The Morgan fingerprint density at radius 3 is 2.29 bits per heavy atom. The van der Waals surface area contributed by atoms with Gasteiger partial charge in [0.2, 0.25) is 5.91 Å². The maximum Gasteiger partial charge on any atom is 0.416 e. The molecule has 178 valence electrons. The molecule has 4 rings (SSSR count). The molecule has 0 aliphatic carbocycles. The molecule has 1 heterocycles. The van der Waals surface area contributed by atoms with E-state index in [1.807, 2.05) is 6.26 Å². The summed E-state index contributed by atoms with van der Waals surface area (Å²) in [6.45, 7) is 0. The van der Waals surface area contributed by atoms with Gasteiger partial charge in [-0.1, -0.05) is 23.7 Å². The average Bonchev–Trinajstić information content (AvgIpc) is 3.15. The fourth-order valence-corrected chi connectivity index (χ4v) is 4.80. The van der Waals surface area contributed by atoms with Crippen LogP contribution in [0.3, 0.4) is 0 Å². The number of amides is 1. The van der Waals surface area contributed by atoms with Crippen LogP contribution in [0, 0.1) is 5.92 Å². The summed E-state index contributed by atoms with van der Waals surface area (Å²) in [5.74, 6) is 1.70. The molecule has 3 aromatic rings. The number of benzene rings is 3. The zero-order valence-electron chi connectivity index (χ0n) is 18.4. The van der Waals surface area contributed by atoms with Gasteiger partial charge >= 0.3 is 6.18 Å². The third-order valence-corrected chi connectivity index (χ3v) is 6.74. The highest BCUT2D eigenvalue weighted by atomic mass is 35.5. The van der Waals surface area contributed by atoms with Gasteiger partial charge in [-0.15, -0.1) is 0 Å². The van der Waals surface area contributed by atoms with E-state index in [1.165, 1.54) is 6.07 Å². The van der Waals surface area contributed by atoms with Crippen LogP contribution in [0.15, 0.2) is 72.8 Å². The molecule has 0 unspecified atom stereocenters. The van der Waals surface area contributed by atoms with E-state index in [4.69, 9.17) is 16.3 Å². The van der Waals surface area contributed by atoms with Gasteiger partial charge in [-0.05, 0) is 91.1 Å². The molecule has 1 amide bonds. The molecule has 34 heavy (non-hydrogen) atoms. The number of rotatable bonds is 7. The molecule has 8 heteroatoms. The van der Waals surface area contributed by atoms with Crippen molar-refractivity contribution in [2.45, 2.75) is 25.1 Å². The molecule has 0 N–H and O–H groups in total. The van der Waals surface area contributed by atoms with Crippen LogP contribution in [0.25, 0.3) is 0 Å². The van der Waals surface area contributed by atoms with Crippen molar-refractivity contribution < 1.29 is 22.7 Å². The minimum atomic E-state index is -4.44. The lowest BCUT2D eigenvalue weighted by atomic mass is 9.96. The molecule has 1 aliphatic rings. The van der Waals surface area contributed by atoms with Crippen molar-refractivity contribution in [3.8, 4) is 11.5 Å². The van der Waals surface area contributed by atoms with Crippen LogP contribution < -0.4 is 9.64 Å². The quantitative estimate of drug-likeness (QED) is 0.326. The maximum atomic E-state index is 13.3. The Labute approximate surface area is 205 Å². The number of thioether (sulfide) groups is 1. The molecule has 3 nitrogen and oxygen atoms in total. The number of nitrogens with zero attached hydrogens (tertiary/aromatic N) is 1. The summed E-state index contributed by atoms with van der Waals surface area (Å²) < 4.78 is 45.8. The normalized spacial score (nSPS) is 18.4. The van der Waals surface area contributed by atoms with Crippen molar-refractivity contribution in [3.63, 3.8) is 0 Å². The molecular formula is C26H23ClF3NO2S. The Morgan fingerprint density at radius 1 is 1.03 bits per heavy atom. The summed E-state index contributed by atoms with van der Waals surface area (Å²) in [5, 5.41) is 0.604. The highest BCUT2D eigenvalue weighted by Crippen LogP contribution is 2.43. The Hall–Kier alpha value is -2.64. The van der Waals surface area contributed by atoms with Crippen LogP contribution in [0.5, 0.6) is 11.5 Å². The monoisotopic (exact) mass is 505 g/mol. The minimum Gasteiger partial charge on any atom is -0.457 e. The molecule has 0 saturated carbocycles. The van der Waals surface area contributed by atoms with E-state index in [9.17, 15) is 18.0 Å². The van der Waals surface area contributed by atoms with Crippen LogP contribution in [-0.4, -0.2) is 17.9 Å². The number of carbonyl (C=O) groups is 1. The molecule has 0 radical (unpaired) electrons. The number of hydrogen-bond acceptors (Lipinski definition) is 3. The lowest BCUT2D eigenvalue weighted by Crippen LogP contribution is -2.29. The summed E-state index contributed by atoms with van der Waals surface area (Å²) in [4.78, 5) is 15.0. The van der Waals surface area contributed by atoms with E-state index in [0.29, 0.717) is 40.6 Å². The van der Waals surface area contributed by atoms with Gasteiger partial charge in [-0.25, -0.2) is 0 Å². The van der Waals surface area contributed by atoms with Crippen molar-refractivity contribution in [2.24, 2.45) is 5.92 Å². The third kappa shape index (κ3) is 5.53. The zero-order chi connectivity index (χ0) is 24.3. The first kappa shape index (κ1) is 24.5. The largest absolute Gasteiger partial charge is 0.457 e. The first-order valence-electron chi connectivity index (χ1n) is 10.8. The second-order valence-electron chi connectivity index (χ2n) is 8.11. The van der Waals surface area contributed by atoms with Gasteiger partial charge in [-0.2, -0.15) is 24.9 Å². The number of ether oxygens (including phenoxy) is 1. The molecule has 1 saturated heterocycles. The number of hydrogen-bond donors (Lipinski definition) is 0. The van der Waals surface area contributed by atoms with Crippen LogP contribution in [-0.2, 0) is 11.0 Å². The van der Waals surface area contributed by atoms with Gasteiger partial charge in [0.25, 0.3) is 0 Å². The summed E-state index contributed by atoms with van der Waals surface area (Å²) in [7, 11) is 0. The van der Waals surface area contributed by atoms with E-state index >= 15 is 0 Å². The second kappa shape index (κ2) is 10.3. The van der Waals surface area contributed by atoms with Gasteiger partial charge in [0.15, 0.2) is 0 Å². The predicted molar refractivity (Wildman–Crippen MR) is 131 cm³/mol. The summed E-state index contributed by atoms with van der Waals surface area (Å²) in [5.41, 5.74) is 0.399. The minimum absolute atomic E-state index is 0.0668. The first-order chi connectivity index (χ1) is 16.3. The highest BCUT2D eigenvalue weighted by molar-refractivity contribution is 7.98. The van der Waals surface area contributed by atoms with Crippen molar-refractivity contribution >= 4 is 35.0 Å². The first-order valence-corrected chi connectivity index (χ1v) is 12.6. The Kier molecular flexibility index (Phi) is 7.43. The van der Waals surface area contributed by atoms with Crippen molar-refractivity contribution in [1.29, 1.82) is 0 Å².